The number of anilines is 1. The lowest BCUT2D eigenvalue weighted by Crippen LogP contribution is -2.28. The molecular formula is C21H32N4O4S. The van der Waals surface area contributed by atoms with Crippen molar-refractivity contribution in [1.29, 1.82) is 0 Å². The number of furan rings is 1. The van der Waals surface area contributed by atoms with Gasteiger partial charge in [0.1, 0.15) is 5.82 Å². The topological polar surface area (TPSA) is 117 Å². The highest BCUT2D eigenvalue weighted by Crippen LogP contribution is 2.28. The van der Waals surface area contributed by atoms with E-state index >= 15 is 0 Å². The molecule has 0 spiro atoms. The molecule has 0 amide bonds. The normalized spacial score (nSPS) is 13.2. The van der Waals surface area contributed by atoms with E-state index in [4.69, 9.17) is 4.42 Å². The molecule has 2 aromatic heterocycles. The van der Waals surface area contributed by atoms with Crippen LogP contribution in [0.4, 0.5) is 5.95 Å². The number of nitrogens with one attached hydrogen (secondary N) is 2. The Morgan fingerprint density at radius 1 is 1.00 bits per heavy atom. The third-order valence-electron chi connectivity index (χ3n) is 4.33. The Morgan fingerprint density at radius 3 is 1.90 bits per heavy atom. The van der Waals surface area contributed by atoms with E-state index < -0.39 is 15.6 Å². The molecule has 2 aromatic rings. The smallest absolute Gasteiger partial charge is 0.296 e. The molecule has 166 valence electrons. The summed E-state index contributed by atoms with van der Waals surface area (Å²) in [7, 11) is -4.04. The maximum absolute atomic E-state index is 12.6. The van der Waals surface area contributed by atoms with Crippen molar-refractivity contribution in [2.75, 3.05) is 5.32 Å². The zero-order valence-corrected chi connectivity index (χ0v) is 19.7. The van der Waals surface area contributed by atoms with Crippen molar-refractivity contribution < 1.29 is 17.9 Å². The summed E-state index contributed by atoms with van der Waals surface area (Å²) in [5.41, 5.74) is 0.321. The standard InChI is InChI=1S/C21H32N4O4S/c1-13(25-30(27,28)17-10-14(12-29-17)21(8,9)26)22-18-23-15(19(2,3)4)11-16(24-18)20(5,6)7/h10-12,25-26H,1H2,2-9H3,(H,22,23,24). The highest BCUT2D eigenvalue weighted by molar-refractivity contribution is 7.89. The Balaban J connectivity index is 2.28. The van der Waals surface area contributed by atoms with E-state index in [9.17, 15) is 13.5 Å². The molecular weight excluding hydrogens is 404 g/mol. The first-order valence-corrected chi connectivity index (χ1v) is 11.1. The predicted octanol–water partition coefficient (Wildman–Crippen LogP) is 3.75. The van der Waals surface area contributed by atoms with Crippen LogP contribution >= 0.6 is 0 Å². The van der Waals surface area contributed by atoms with Crippen LogP contribution in [-0.2, 0) is 26.5 Å². The lowest BCUT2D eigenvalue weighted by atomic mass is 9.87. The molecule has 8 nitrogen and oxygen atoms in total. The first-order valence-electron chi connectivity index (χ1n) is 9.60. The molecule has 0 radical (unpaired) electrons. The highest BCUT2D eigenvalue weighted by Gasteiger charge is 2.26. The quantitative estimate of drug-likeness (QED) is 0.631. The van der Waals surface area contributed by atoms with Crippen molar-refractivity contribution in [2.45, 2.75) is 76.9 Å². The van der Waals surface area contributed by atoms with Gasteiger partial charge in [-0.25, -0.2) is 9.97 Å². The first kappa shape index (κ1) is 23.9. The Morgan fingerprint density at radius 2 is 1.50 bits per heavy atom. The summed E-state index contributed by atoms with van der Waals surface area (Å²) < 4.78 is 32.6. The second-order valence-corrected chi connectivity index (χ2v) is 11.5. The molecule has 0 saturated carbocycles. The van der Waals surface area contributed by atoms with Crippen LogP contribution in [0.2, 0.25) is 0 Å². The Labute approximate surface area is 178 Å². The molecule has 0 bridgehead atoms. The van der Waals surface area contributed by atoms with Gasteiger partial charge < -0.3 is 14.8 Å². The summed E-state index contributed by atoms with van der Waals surface area (Å²) in [6.07, 6.45) is 1.20. The number of aliphatic hydroxyl groups is 1. The number of sulfonamides is 1. The van der Waals surface area contributed by atoms with Crippen molar-refractivity contribution in [3.8, 4) is 0 Å². The molecule has 2 rings (SSSR count). The van der Waals surface area contributed by atoms with Crippen LogP contribution in [0.3, 0.4) is 0 Å². The van der Waals surface area contributed by atoms with Gasteiger partial charge in [-0.05, 0) is 19.9 Å². The maximum Gasteiger partial charge on any atom is 0.296 e. The lowest BCUT2D eigenvalue weighted by Gasteiger charge is -2.24. The molecule has 3 N–H and O–H groups in total. The van der Waals surface area contributed by atoms with Crippen molar-refractivity contribution in [3.05, 3.63) is 47.7 Å². The van der Waals surface area contributed by atoms with E-state index in [2.05, 4.69) is 26.6 Å². The summed E-state index contributed by atoms with van der Waals surface area (Å²) in [4.78, 5) is 9.05. The van der Waals surface area contributed by atoms with Crippen LogP contribution in [-0.4, -0.2) is 23.5 Å². The summed E-state index contributed by atoms with van der Waals surface area (Å²) in [5, 5.41) is 12.5. The number of rotatable bonds is 6. The van der Waals surface area contributed by atoms with Crippen LogP contribution in [0.15, 0.2) is 40.3 Å². The molecule has 0 aliphatic carbocycles. The summed E-state index contributed by atoms with van der Waals surface area (Å²) >= 11 is 0. The summed E-state index contributed by atoms with van der Waals surface area (Å²) in [5.74, 6) is 0.221. The van der Waals surface area contributed by atoms with Gasteiger partial charge in [0.15, 0.2) is 0 Å². The minimum Gasteiger partial charge on any atom is -0.451 e. The maximum atomic E-state index is 12.6. The number of nitrogens with zero attached hydrogens (tertiary/aromatic N) is 2. The van der Waals surface area contributed by atoms with Crippen molar-refractivity contribution in [2.24, 2.45) is 0 Å². The molecule has 0 unspecified atom stereocenters. The average Bonchev–Trinajstić information content (AvgIpc) is 3.03. The summed E-state index contributed by atoms with van der Waals surface area (Å²) in [6.45, 7) is 19.1. The Bertz CT molecular complexity index is 1000. The SMILES string of the molecule is C=C(Nc1nc(C(C)(C)C)cc(C(C)(C)C)n1)NS(=O)(=O)c1cc(C(C)(C)O)co1. The second-order valence-electron chi connectivity index (χ2n) is 9.88. The fraction of sp³-hybridized carbons (Fsp3) is 0.524. The largest absolute Gasteiger partial charge is 0.451 e. The van der Waals surface area contributed by atoms with Crippen LogP contribution in [0, 0.1) is 0 Å². The van der Waals surface area contributed by atoms with Gasteiger partial charge in [0, 0.05) is 22.5 Å². The van der Waals surface area contributed by atoms with Crippen LogP contribution in [0.25, 0.3) is 0 Å². The fourth-order valence-corrected chi connectivity index (χ4v) is 3.36. The van der Waals surface area contributed by atoms with Crippen molar-refractivity contribution in [1.82, 2.24) is 14.7 Å². The van der Waals surface area contributed by atoms with Gasteiger partial charge in [-0.1, -0.05) is 48.1 Å². The minimum atomic E-state index is -4.04. The van der Waals surface area contributed by atoms with Gasteiger partial charge in [0.25, 0.3) is 10.0 Å². The van der Waals surface area contributed by atoms with Gasteiger partial charge in [-0.15, -0.1) is 0 Å². The number of aromatic nitrogens is 2. The minimum absolute atomic E-state index is 0.0258. The molecule has 0 atom stereocenters. The fourth-order valence-electron chi connectivity index (χ4n) is 2.42. The molecule has 0 saturated heterocycles. The third kappa shape index (κ3) is 5.82. The van der Waals surface area contributed by atoms with E-state index in [1.165, 1.54) is 26.2 Å². The zero-order chi connectivity index (χ0) is 23.1. The molecule has 30 heavy (non-hydrogen) atoms. The van der Waals surface area contributed by atoms with Gasteiger partial charge in [-0.3, -0.25) is 4.72 Å². The van der Waals surface area contributed by atoms with Crippen molar-refractivity contribution in [3.63, 3.8) is 0 Å². The zero-order valence-electron chi connectivity index (χ0n) is 18.9. The van der Waals surface area contributed by atoms with Gasteiger partial charge >= 0.3 is 0 Å². The molecule has 9 heteroatoms. The van der Waals surface area contributed by atoms with Gasteiger partial charge in [-0.2, -0.15) is 8.42 Å². The molecule has 2 heterocycles. The highest BCUT2D eigenvalue weighted by atomic mass is 32.2. The van der Waals surface area contributed by atoms with E-state index in [0.29, 0.717) is 5.56 Å². The summed E-state index contributed by atoms with van der Waals surface area (Å²) in [6, 6.07) is 3.23. The van der Waals surface area contributed by atoms with E-state index in [0.717, 1.165) is 11.4 Å². The van der Waals surface area contributed by atoms with Crippen molar-refractivity contribution >= 4 is 16.0 Å². The monoisotopic (exact) mass is 436 g/mol. The van der Waals surface area contributed by atoms with E-state index in [1.807, 2.05) is 47.6 Å². The first-order chi connectivity index (χ1) is 13.4. The molecule has 0 fully saturated rings. The number of hydrogen-bond acceptors (Lipinski definition) is 7. The van der Waals surface area contributed by atoms with E-state index in [1.54, 1.807) is 0 Å². The van der Waals surface area contributed by atoms with Crippen LogP contribution in [0.1, 0.15) is 72.3 Å². The Hall–Kier alpha value is -2.39. The second kappa shape index (κ2) is 7.70. The van der Waals surface area contributed by atoms with Gasteiger partial charge in [0.05, 0.1) is 23.3 Å². The molecule has 0 aromatic carbocycles. The number of hydrogen-bond donors (Lipinski definition) is 3. The predicted molar refractivity (Wildman–Crippen MR) is 116 cm³/mol. The van der Waals surface area contributed by atoms with Crippen LogP contribution < -0.4 is 10.0 Å². The molecule has 0 aliphatic heterocycles. The third-order valence-corrected chi connectivity index (χ3v) is 5.59. The average molecular weight is 437 g/mol. The van der Waals surface area contributed by atoms with E-state index in [-0.39, 0.29) is 27.7 Å². The molecule has 0 aliphatic rings. The van der Waals surface area contributed by atoms with Crippen LogP contribution in [0.5, 0.6) is 0 Å². The Kier molecular flexibility index (Phi) is 6.13. The lowest BCUT2D eigenvalue weighted by molar-refractivity contribution is 0.0779. The van der Waals surface area contributed by atoms with Gasteiger partial charge in [0.2, 0.25) is 11.0 Å².